The summed E-state index contributed by atoms with van der Waals surface area (Å²) in [5, 5.41) is 0.440. The molecule has 1 unspecified atom stereocenters. The molecule has 2 rings (SSSR count). The van der Waals surface area contributed by atoms with Crippen LogP contribution in [0.4, 0.5) is 8.78 Å². The third-order valence-electron chi connectivity index (χ3n) is 2.87. The molecule has 0 bridgehead atoms. The second-order valence-corrected chi connectivity index (χ2v) is 6.54. The highest BCUT2D eigenvalue weighted by Gasteiger charge is 2.25. The van der Waals surface area contributed by atoms with E-state index < -0.39 is 32.6 Å². The minimum Gasteiger partial charge on any atom is -0.207 e. The number of hydrogen-bond donors (Lipinski definition) is 1. The van der Waals surface area contributed by atoms with Gasteiger partial charge in [-0.2, -0.15) is 0 Å². The molecule has 112 valence electrons. The van der Waals surface area contributed by atoms with Gasteiger partial charge in [0.1, 0.15) is 11.6 Å². The van der Waals surface area contributed by atoms with E-state index >= 15 is 0 Å². The Balaban J connectivity index is 2.34. The lowest BCUT2D eigenvalue weighted by atomic mass is 10.1. The first kappa shape index (κ1) is 15.9. The molecule has 2 aromatic carbocycles. The van der Waals surface area contributed by atoms with E-state index in [-0.39, 0.29) is 0 Å². The highest BCUT2D eigenvalue weighted by atomic mass is 35.5. The summed E-state index contributed by atoms with van der Waals surface area (Å²) in [5.74, 6) is -2.28. The highest BCUT2D eigenvalue weighted by Crippen LogP contribution is 2.22. The van der Waals surface area contributed by atoms with E-state index in [1.807, 2.05) is 0 Å². The molecule has 1 atom stereocenters. The molecule has 7 heteroatoms. The van der Waals surface area contributed by atoms with Crippen LogP contribution in [0.5, 0.6) is 0 Å². The van der Waals surface area contributed by atoms with Crippen LogP contribution < -0.4 is 4.72 Å². The molecule has 0 amide bonds. The predicted octanol–water partition coefficient (Wildman–Crippen LogP) is 3.66. The average Bonchev–Trinajstić information content (AvgIpc) is 2.37. The zero-order valence-corrected chi connectivity index (χ0v) is 12.5. The Kier molecular flexibility index (Phi) is 4.61. The van der Waals surface area contributed by atoms with Crippen molar-refractivity contribution in [3.63, 3.8) is 0 Å². The summed E-state index contributed by atoms with van der Waals surface area (Å²) >= 11 is 5.83. The zero-order valence-electron chi connectivity index (χ0n) is 11.0. The van der Waals surface area contributed by atoms with Crippen LogP contribution in [0.25, 0.3) is 0 Å². The van der Waals surface area contributed by atoms with Gasteiger partial charge < -0.3 is 0 Å². The van der Waals surface area contributed by atoms with Gasteiger partial charge in [-0.1, -0.05) is 29.8 Å². The van der Waals surface area contributed by atoms with E-state index in [0.29, 0.717) is 10.6 Å². The molecule has 0 saturated heterocycles. The van der Waals surface area contributed by atoms with E-state index in [1.165, 1.54) is 0 Å². The maximum Gasteiger partial charge on any atom is 0.246 e. The van der Waals surface area contributed by atoms with Crippen LogP contribution in [0.3, 0.4) is 0 Å². The summed E-state index contributed by atoms with van der Waals surface area (Å²) in [6.45, 7) is 1.56. The molecule has 0 heterocycles. The molecule has 0 saturated carbocycles. The number of nitrogens with one attached hydrogen (secondary N) is 1. The van der Waals surface area contributed by atoms with E-state index in [0.717, 1.165) is 18.2 Å². The second-order valence-electron chi connectivity index (χ2n) is 4.45. The molecule has 0 aliphatic carbocycles. The monoisotopic (exact) mass is 331 g/mol. The van der Waals surface area contributed by atoms with Gasteiger partial charge in [-0.25, -0.2) is 21.9 Å². The summed E-state index contributed by atoms with van der Waals surface area (Å²) in [5.41, 5.74) is 0.586. The summed E-state index contributed by atoms with van der Waals surface area (Å²) in [6.07, 6.45) is 0. The van der Waals surface area contributed by atoms with E-state index in [1.54, 1.807) is 31.2 Å². The van der Waals surface area contributed by atoms with Gasteiger partial charge in [0.05, 0.1) is 0 Å². The van der Waals surface area contributed by atoms with Crippen molar-refractivity contribution in [1.82, 2.24) is 4.72 Å². The van der Waals surface area contributed by atoms with Gasteiger partial charge in [-0.15, -0.1) is 0 Å². The van der Waals surface area contributed by atoms with E-state index in [9.17, 15) is 17.2 Å². The minimum absolute atomic E-state index is 0.440. The summed E-state index contributed by atoms with van der Waals surface area (Å²) in [6, 6.07) is 8.73. The summed E-state index contributed by atoms with van der Waals surface area (Å²) in [4.78, 5) is -0.987. The number of rotatable bonds is 4. The van der Waals surface area contributed by atoms with Gasteiger partial charge in [0, 0.05) is 11.1 Å². The van der Waals surface area contributed by atoms with Crippen molar-refractivity contribution < 1.29 is 17.2 Å². The maximum atomic E-state index is 13.6. The van der Waals surface area contributed by atoms with Crippen LogP contribution in [-0.2, 0) is 10.0 Å². The fraction of sp³-hybridized carbons (Fsp3) is 0.143. The summed E-state index contributed by atoms with van der Waals surface area (Å²) in [7, 11) is -4.32. The first-order chi connectivity index (χ1) is 9.81. The first-order valence-electron chi connectivity index (χ1n) is 6.03. The van der Waals surface area contributed by atoms with Crippen molar-refractivity contribution in [3.05, 3.63) is 64.7 Å². The van der Waals surface area contributed by atoms with Crippen molar-refractivity contribution in [2.75, 3.05) is 0 Å². The number of hydrogen-bond acceptors (Lipinski definition) is 2. The molecule has 1 N–H and O–H groups in total. The Hall–Kier alpha value is -1.50. The van der Waals surface area contributed by atoms with Crippen LogP contribution in [0.1, 0.15) is 18.5 Å². The smallest absolute Gasteiger partial charge is 0.207 e. The topological polar surface area (TPSA) is 46.2 Å². The Morgan fingerprint density at radius 2 is 1.67 bits per heavy atom. The summed E-state index contributed by atoms with van der Waals surface area (Å²) < 4.78 is 53.6. The lowest BCUT2D eigenvalue weighted by molar-refractivity contribution is 0.509. The molecular weight excluding hydrogens is 320 g/mol. The Labute approximate surface area is 126 Å². The van der Waals surface area contributed by atoms with Crippen molar-refractivity contribution in [3.8, 4) is 0 Å². The third-order valence-corrected chi connectivity index (χ3v) is 4.69. The lowest BCUT2D eigenvalue weighted by Gasteiger charge is -2.15. The lowest BCUT2D eigenvalue weighted by Crippen LogP contribution is -2.28. The van der Waals surface area contributed by atoms with Gasteiger partial charge in [0.15, 0.2) is 4.90 Å². The maximum absolute atomic E-state index is 13.6. The van der Waals surface area contributed by atoms with Crippen molar-refractivity contribution in [1.29, 1.82) is 0 Å². The predicted molar refractivity (Wildman–Crippen MR) is 76.5 cm³/mol. The first-order valence-corrected chi connectivity index (χ1v) is 7.89. The minimum atomic E-state index is -4.32. The van der Waals surface area contributed by atoms with Crippen molar-refractivity contribution in [2.24, 2.45) is 0 Å². The van der Waals surface area contributed by atoms with Crippen LogP contribution in [0.2, 0.25) is 5.02 Å². The fourth-order valence-corrected chi connectivity index (χ4v) is 3.44. The molecule has 0 aliphatic rings. The van der Waals surface area contributed by atoms with Crippen LogP contribution in [0, 0.1) is 11.6 Å². The Bertz CT molecular complexity index is 745. The second kappa shape index (κ2) is 6.09. The van der Waals surface area contributed by atoms with Gasteiger partial charge >= 0.3 is 0 Å². The van der Waals surface area contributed by atoms with E-state index in [4.69, 9.17) is 11.6 Å². The molecule has 2 aromatic rings. The van der Waals surface area contributed by atoms with Gasteiger partial charge in [0.2, 0.25) is 10.0 Å². The van der Waals surface area contributed by atoms with Crippen LogP contribution in [0.15, 0.2) is 47.4 Å². The Morgan fingerprint density at radius 1 is 1.10 bits per heavy atom. The average molecular weight is 332 g/mol. The quantitative estimate of drug-likeness (QED) is 0.929. The van der Waals surface area contributed by atoms with Crippen molar-refractivity contribution in [2.45, 2.75) is 17.9 Å². The number of halogens is 3. The number of benzene rings is 2. The van der Waals surface area contributed by atoms with Crippen LogP contribution in [-0.4, -0.2) is 8.42 Å². The molecule has 0 fully saturated rings. The highest BCUT2D eigenvalue weighted by molar-refractivity contribution is 7.89. The number of sulfonamides is 1. The fourth-order valence-electron chi connectivity index (χ4n) is 1.87. The largest absolute Gasteiger partial charge is 0.246 e. The van der Waals surface area contributed by atoms with Crippen LogP contribution >= 0.6 is 11.6 Å². The van der Waals surface area contributed by atoms with Gasteiger partial charge in [0.25, 0.3) is 0 Å². The van der Waals surface area contributed by atoms with E-state index in [2.05, 4.69) is 4.72 Å². The molecule has 3 nitrogen and oxygen atoms in total. The third kappa shape index (κ3) is 3.58. The SMILES string of the molecule is CC(NS(=O)(=O)c1c(F)cccc1F)c1cccc(Cl)c1. The molecule has 0 spiro atoms. The molecule has 0 aromatic heterocycles. The van der Waals surface area contributed by atoms with Crippen molar-refractivity contribution >= 4 is 21.6 Å². The molecule has 21 heavy (non-hydrogen) atoms. The normalized spacial score (nSPS) is 13.1. The standard InChI is InChI=1S/C14H12ClF2NO2S/c1-9(10-4-2-5-11(15)8-10)18-21(19,20)14-12(16)6-3-7-13(14)17/h2-9,18H,1H3. The van der Waals surface area contributed by atoms with Gasteiger partial charge in [-0.05, 0) is 36.8 Å². The molecule has 0 radical (unpaired) electrons. The molecule has 0 aliphatic heterocycles. The van der Waals surface area contributed by atoms with Gasteiger partial charge in [-0.3, -0.25) is 0 Å². The Morgan fingerprint density at radius 3 is 2.24 bits per heavy atom. The molecular formula is C14H12ClF2NO2S. The zero-order chi connectivity index (χ0) is 15.6.